The van der Waals surface area contributed by atoms with Crippen molar-refractivity contribution in [2.45, 2.75) is 44.1 Å². The van der Waals surface area contributed by atoms with Crippen LogP contribution in [0.4, 0.5) is 10.5 Å². The van der Waals surface area contributed by atoms with Crippen LogP contribution in [0.15, 0.2) is 18.2 Å². The minimum Gasteiger partial charge on any atom is -0.389 e. The number of hydrogen-bond acceptors (Lipinski definition) is 2. The van der Waals surface area contributed by atoms with E-state index in [0.717, 1.165) is 12.8 Å². The summed E-state index contributed by atoms with van der Waals surface area (Å²) in [7, 11) is 0. The van der Waals surface area contributed by atoms with Gasteiger partial charge in [0.25, 0.3) is 0 Å². The molecule has 1 saturated carbocycles. The molecule has 2 fully saturated rings. The van der Waals surface area contributed by atoms with Crippen LogP contribution in [-0.4, -0.2) is 34.7 Å². The number of nitrogens with zero attached hydrogens (tertiary/aromatic N) is 1. The lowest BCUT2D eigenvalue weighted by atomic mass is 9.78. The van der Waals surface area contributed by atoms with Gasteiger partial charge in [-0.2, -0.15) is 0 Å². The number of rotatable bonds is 2. The molecule has 2 aliphatic rings. The highest BCUT2D eigenvalue weighted by molar-refractivity contribution is 6.35. The van der Waals surface area contributed by atoms with E-state index in [2.05, 4.69) is 5.32 Å². The van der Waals surface area contributed by atoms with Crippen molar-refractivity contribution >= 4 is 34.9 Å². The van der Waals surface area contributed by atoms with Crippen LogP contribution in [0.2, 0.25) is 10.0 Å². The molecule has 23 heavy (non-hydrogen) atoms. The summed E-state index contributed by atoms with van der Waals surface area (Å²) in [6.45, 7) is 1.15. The fourth-order valence-corrected chi connectivity index (χ4v) is 4.32. The van der Waals surface area contributed by atoms with Crippen molar-refractivity contribution in [1.29, 1.82) is 0 Å². The fourth-order valence-electron chi connectivity index (χ4n) is 3.80. The van der Waals surface area contributed by atoms with E-state index in [1.165, 1.54) is 12.8 Å². The standard InChI is InChI=1S/C17H22Cl2N2O2/c18-13-9-14(19)11-15(10-13)20-16(22)21-7-5-17(23,6-8-21)12-3-1-2-4-12/h9-12,23H,1-8H2,(H,20,22). The lowest BCUT2D eigenvalue weighted by Crippen LogP contribution is -2.50. The summed E-state index contributed by atoms with van der Waals surface area (Å²) in [5.74, 6) is 0.402. The molecule has 0 bridgehead atoms. The van der Waals surface area contributed by atoms with Crippen LogP contribution in [0.25, 0.3) is 0 Å². The molecule has 1 aliphatic heterocycles. The molecule has 6 heteroatoms. The number of benzene rings is 1. The first-order valence-electron chi connectivity index (χ1n) is 8.21. The van der Waals surface area contributed by atoms with E-state index in [1.54, 1.807) is 23.1 Å². The molecule has 1 aromatic carbocycles. The second-order valence-corrected chi connectivity index (χ2v) is 7.53. The Morgan fingerprint density at radius 1 is 1.13 bits per heavy atom. The van der Waals surface area contributed by atoms with Crippen molar-refractivity contribution in [3.63, 3.8) is 0 Å². The number of amides is 2. The number of carbonyl (C=O) groups is 1. The van der Waals surface area contributed by atoms with Crippen molar-refractivity contribution in [3.8, 4) is 0 Å². The second kappa shape index (κ2) is 6.88. The van der Waals surface area contributed by atoms with Crippen molar-refractivity contribution in [1.82, 2.24) is 4.90 Å². The number of aliphatic hydroxyl groups is 1. The third-order valence-electron chi connectivity index (χ3n) is 5.15. The monoisotopic (exact) mass is 356 g/mol. The molecule has 0 unspecified atom stereocenters. The Hall–Kier alpha value is -0.970. The molecule has 1 aromatic rings. The Bertz CT molecular complexity index is 560. The molecular weight excluding hydrogens is 335 g/mol. The molecule has 0 spiro atoms. The van der Waals surface area contributed by atoms with Crippen molar-refractivity contribution in [3.05, 3.63) is 28.2 Å². The second-order valence-electron chi connectivity index (χ2n) is 6.66. The lowest BCUT2D eigenvalue weighted by molar-refractivity contribution is -0.0574. The van der Waals surface area contributed by atoms with Crippen molar-refractivity contribution < 1.29 is 9.90 Å². The summed E-state index contributed by atoms with van der Waals surface area (Å²) in [5, 5.41) is 14.6. The Balaban J connectivity index is 1.57. The number of carbonyl (C=O) groups excluding carboxylic acids is 1. The van der Waals surface area contributed by atoms with Gasteiger partial charge in [-0.25, -0.2) is 4.79 Å². The largest absolute Gasteiger partial charge is 0.389 e. The third kappa shape index (κ3) is 3.93. The van der Waals surface area contributed by atoms with Gasteiger partial charge in [-0.1, -0.05) is 36.0 Å². The summed E-state index contributed by atoms with van der Waals surface area (Å²) >= 11 is 11.9. The molecule has 3 rings (SSSR count). The Morgan fingerprint density at radius 2 is 1.70 bits per heavy atom. The topological polar surface area (TPSA) is 52.6 Å². The van der Waals surface area contributed by atoms with Gasteiger partial charge in [-0.05, 0) is 49.8 Å². The Labute approximate surface area is 146 Å². The van der Waals surface area contributed by atoms with Gasteiger partial charge in [-0.15, -0.1) is 0 Å². The van der Waals surface area contributed by atoms with Gasteiger partial charge in [-0.3, -0.25) is 0 Å². The van der Waals surface area contributed by atoms with E-state index in [-0.39, 0.29) is 6.03 Å². The number of hydrogen-bond donors (Lipinski definition) is 2. The highest BCUT2D eigenvalue weighted by Gasteiger charge is 2.41. The Kier molecular flexibility index (Phi) is 5.04. The molecule has 0 aromatic heterocycles. The summed E-state index contributed by atoms with van der Waals surface area (Å²) in [6, 6.07) is 4.80. The first-order chi connectivity index (χ1) is 11.0. The number of anilines is 1. The van der Waals surface area contributed by atoms with Gasteiger partial charge in [0, 0.05) is 28.8 Å². The number of urea groups is 1. The number of nitrogens with one attached hydrogen (secondary N) is 1. The highest BCUT2D eigenvalue weighted by atomic mass is 35.5. The molecule has 1 heterocycles. The molecule has 0 radical (unpaired) electrons. The zero-order valence-electron chi connectivity index (χ0n) is 13.0. The van der Waals surface area contributed by atoms with E-state index in [9.17, 15) is 9.90 Å². The highest BCUT2D eigenvalue weighted by Crippen LogP contribution is 2.40. The summed E-state index contributed by atoms with van der Waals surface area (Å²) in [6.07, 6.45) is 5.97. The molecule has 2 N–H and O–H groups in total. The van der Waals surface area contributed by atoms with E-state index in [4.69, 9.17) is 23.2 Å². The van der Waals surface area contributed by atoms with Crippen molar-refractivity contribution in [2.24, 2.45) is 5.92 Å². The van der Waals surface area contributed by atoms with Crippen LogP contribution in [0.3, 0.4) is 0 Å². The summed E-state index contributed by atoms with van der Waals surface area (Å²) < 4.78 is 0. The number of halogens is 2. The van der Waals surface area contributed by atoms with Gasteiger partial charge < -0.3 is 15.3 Å². The zero-order valence-corrected chi connectivity index (χ0v) is 14.5. The van der Waals surface area contributed by atoms with Crippen LogP contribution in [0, 0.1) is 5.92 Å². The first kappa shape index (κ1) is 16.9. The maximum absolute atomic E-state index is 12.4. The average molecular weight is 357 g/mol. The lowest BCUT2D eigenvalue weighted by Gasteiger charge is -2.41. The van der Waals surface area contributed by atoms with Gasteiger partial charge in [0.1, 0.15) is 0 Å². The number of likely N-dealkylation sites (tertiary alicyclic amines) is 1. The third-order valence-corrected chi connectivity index (χ3v) is 5.58. The van der Waals surface area contributed by atoms with Crippen LogP contribution in [0.5, 0.6) is 0 Å². The quantitative estimate of drug-likeness (QED) is 0.816. The van der Waals surface area contributed by atoms with Crippen LogP contribution in [0.1, 0.15) is 38.5 Å². The maximum atomic E-state index is 12.4. The van der Waals surface area contributed by atoms with Crippen molar-refractivity contribution in [2.75, 3.05) is 18.4 Å². The molecule has 1 saturated heterocycles. The number of piperidine rings is 1. The smallest absolute Gasteiger partial charge is 0.321 e. The molecule has 0 atom stereocenters. The molecule has 4 nitrogen and oxygen atoms in total. The van der Waals surface area contributed by atoms with Crippen LogP contribution < -0.4 is 5.32 Å². The van der Waals surface area contributed by atoms with Crippen LogP contribution in [-0.2, 0) is 0 Å². The zero-order chi connectivity index (χ0) is 16.4. The molecule has 2 amide bonds. The van der Waals surface area contributed by atoms with Gasteiger partial charge in [0.2, 0.25) is 0 Å². The Morgan fingerprint density at radius 3 is 2.26 bits per heavy atom. The van der Waals surface area contributed by atoms with Crippen LogP contribution >= 0.6 is 23.2 Å². The first-order valence-corrected chi connectivity index (χ1v) is 8.96. The molecular formula is C17H22Cl2N2O2. The van der Waals surface area contributed by atoms with Gasteiger partial charge in [0.15, 0.2) is 0 Å². The molecule has 126 valence electrons. The predicted molar refractivity (Wildman–Crippen MR) is 93.2 cm³/mol. The average Bonchev–Trinajstić information content (AvgIpc) is 3.01. The van der Waals surface area contributed by atoms with E-state index < -0.39 is 5.60 Å². The van der Waals surface area contributed by atoms with Gasteiger partial charge in [0.05, 0.1) is 5.60 Å². The van der Waals surface area contributed by atoms with E-state index in [0.29, 0.717) is 47.6 Å². The summed E-state index contributed by atoms with van der Waals surface area (Å²) in [4.78, 5) is 14.1. The minimum absolute atomic E-state index is 0.170. The fraction of sp³-hybridized carbons (Fsp3) is 0.588. The van der Waals surface area contributed by atoms with E-state index >= 15 is 0 Å². The maximum Gasteiger partial charge on any atom is 0.321 e. The van der Waals surface area contributed by atoms with E-state index in [1.807, 2.05) is 0 Å². The predicted octanol–water partition coefficient (Wildman–Crippen LogP) is 4.54. The summed E-state index contributed by atoms with van der Waals surface area (Å²) in [5.41, 5.74) is -0.00348. The SMILES string of the molecule is O=C(Nc1cc(Cl)cc(Cl)c1)N1CCC(O)(C2CCCC2)CC1. The van der Waals surface area contributed by atoms with Gasteiger partial charge >= 0.3 is 6.03 Å². The minimum atomic E-state index is -0.591. The normalized spacial score (nSPS) is 21.4. The molecule has 1 aliphatic carbocycles.